The monoisotopic (exact) mass is 449 g/mol. The van der Waals surface area contributed by atoms with Crippen molar-refractivity contribution in [3.63, 3.8) is 0 Å². The lowest BCUT2D eigenvalue weighted by atomic mass is 9.53. The predicted molar refractivity (Wildman–Crippen MR) is 127 cm³/mol. The third-order valence-corrected chi connectivity index (χ3v) is 8.43. The number of halogens is 2. The largest absolute Gasteiger partial charge is 0.488 e. The highest BCUT2D eigenvalue weighted by molar-refractivity contribution is 6.31. The van der Waals surface area contributed by atoms with E-state index in [1.54, 1.807) is 6.07 Å². The normalized spacial score (nSPS) is 28.4. The van der Waals surface area contributed by atoms with Gasteiger partial charge in [-0.15, -0.1) is 0 Å². The van der Waals surface area contributed by atoms with E-state index in [1.807, 2.05) is 0 Å². The van der Waals surface area contributed by atoms with E-state index in [1.165, 1.54) is 67.0 Å². The van der Waals surface area contributed by atoms with Crippen LogP contribution in [0.15, 0.2) is 54.6 Å². The zero-order valence-corrected chi connectivity index (χ0v) is 19.0. The Balaban J connectivity index is 1.28. The van der Waals surface area contributed by atoms with Crippen LogP contribution in [-0.4, -0.2) is 5.54 Å². The van der Waals surface area contributed by atoms with Crippen molar-refractivity contribution in [3.8, 4) is 5.75 Å². The van der Waals surface area contributed by atoms with E-state index < -0.39 is 0 Å². The number of hydrogen-bond donors (Lipinski definition) is 1. The fourth-order valence-corrected chi connectivity index (χ4v) is 7.25. The van der Waals surface area contributed by atoms with E-state index in [4.69, 9.17) is 16.3 Å². The van der Waals surface area contributed by atoms with E-state index in [2.05, 4.69) is 41.7 Å². The van der Waals surface area contributed by atoms with Gasteiger partial charge in [-0.2, -0.15) is 0 Å². The first-order valence-electron chi connectivity index (χ1n) is 11.9. The summed E-state index contributed by atoms with van der Waals surface area (Å²) in [6.07, 6.45) is 8.31. The molecule has 3 aromatic rings. The van der Waals surface area contributed by atoms with Crippen LogP contribution in [0.1, 0.15) is 49.7 Å². The number of benzene rings is 3. The SMILES string of the molecule is Fc1ccc(COc2ccc3ccccc3c2CNC23CC4CC(CC(C4)C2)C3)c(Cl)c1. The summed E-state index contributed by atoms with van der Waals surface area (Å²) in [7, 11) is 0. The molecule has 0 aromatic heterocycles. The van der Waals surface area contributed by atoms with Crippen LogP contribution >= 0.6 is 11.6 Å². The minimum absolute atomic E-state index is 0.295. The maximum absolute atomic E-state index is 13.4. The van der Waals surface area contributed by atoms with Gasteiger partial charge in [0.25, 0.3) is 0 Å². The number of nitrogens with one attached hydrogen (secondary N) is 1. The smallest absolute Gasteiger partial charge is 0.124 e. The molecule has 4 heteroatoms. The molecule has 3 aromatic carbocycles. The van der Waals surface area contributed by atoms with Crippen LogP contribution in [-0.2, 0) is 13.2 Å². The fourth-order valence-electron chi connectivity index (χ4n) is 7.03. The molecule has 0 aliphatic heterocycles. The molecule has 1 N–H and O–H groups in total. The lowest BCUT2D eigenvalue weighted by Crippen LogP contribution is -2.58. The average Bonchev–Trinajstić information content (AvgIpc) is 2.76. The number of rotatable bonds is 6. The standard InChI is InChI=1S/C28H29ClFNO/c29-26-12-23(30)7-5-22(26)17-32-27-8-6-21-3-1-2-4-24(21)25(27)16-31-28-13-18-9-19(14-28)11-20(10-18)15-28/h1-8,12,18-20,31H,9-11,13-17H2. The third-order valence-electron chi connectivity index (χ3n) is 8.07. The Labute approximate surface area is 194 Å². The molecule has 7 rings (SSSR count). The first-order chi connectivity index (χ1) is 15.6. The van der Waals surface area contributed by atoms with Crippen LogP contribution in [0.3, 0.4) is 0 Å². The fraction of sp³-hybridized carbons (Fsp3) is 0.429. The first kappa shape index (κ1) is 20.5. The van der Waals surface area contributed by atoms with Crippen LogP contribution in [0.2, 0.25) is 5.02 Å². The Morgan fingerprint density at radius 1 is 0.938 bits per heavy atom. The minimum atomic E-state index is -0.329. The zero-order chi connectivity index (χ0) is 21.7. The van der Waals surface area contributed by atoms with E-state index >= 15 is 0 Å². The van der Waals surface area contributed by atoms with Crippen molar-refractivity contribution in [1.82, 2.24) is 5.32 Å². The van der Waals surface area contributed by atoms with E-state index in [-0.39, 0.29) is 5.82 Å². The molecule has 0 spiro atoms. The average molecular weight is 450 g/mol. The molecule has 0 unspecified atom stereocenters. The maximum atomic E-state index is 13.4. The van der Waals surface area contributed by atoms with Crippen molar-refractivity contribution >= 4 is 22.4 Å². The molecule has 0 radical (unpaired) electrons. The molecule has 0 heterocycles. The van der Waals surface area contributed by atoms with Gasteiger partial charge in [-0.1, -0.05) is 48.0 Å². The molecule has 4 saturated carbocycles. The lowest BCUT2D eigenvalue weighted by molar-refractivity contribution is -0.0206. The molecule has 4 fully saturated rings. The van der Waals surface area contributed by atoms with Gasteiger partial charge in [-0.25, -0.2) is 4.39 Å². The predicted octanol–water partition coefficient (Wildman–Crippen LogP) is 7.27. The highest BCUT2D eigenvalue weighted by Crippen LogP contribution is 2.55. The molecule has 32 heavy (non-hydrogen) atoms. The van der Waals surface area contributed by atoms with Gasteiger partial charge in [0.05, 0.1) is 5.02 Å². The molecular weight excluding hydrogens is 421 g/mol. The summed E-state index contributed by atoms with van der Waals surface area (Å²) in [6.45, 7) is 1.13. The summed E-state index contributed by atoms with van der Waals surface area (Å²) >= 11 is 6.24. The Morgan fingerprint density at radius 2 is 1.66 bits per heavy atom. The van der Waals surface area contributed by atoms with Crippen LogP contribution in [0.4, 0.5) is 4.39 Å². The van der Waals surface area contributed by atoms with Gasteiger partial charge in [0.1, 0.15) is 18.2 Å². The van der Waals surface area contributed by atoms with Crippen LogP contribution in [0, 0.1) is 23.6 Å². The van der Waals surface area contributed by atoms with Gasteiger partial charge >= 0.3 is 0 Å². The van der Waals surface area contributed by atoms with Crippen LogP contribution < -0.4 is 10.1 Å². The Kier molecular flexibility index (Phi) is 5.15. The summed E-state index contributed by atoms with van der Waals surface area (Å²) in [5.41, 5.74) is 2.29. The summed E-state index contributed by atoms with van der Waals surface area (Å²) in [5, 5.41) is 6.89. The van der Waals surface area contributed by atoms with Gasteiger partial charge in [-0.05, 0) is 85.3 Å². The second kappa shape index (κ2) is 8.04. The number of fused-ring (bicyclic) bond motifs is 1. The van der Waals surface area contributed by atoms with Gasteiger partial charge in [0.15, 0.2) is 0 Å². The highest BCUT2D eigenvalue weighted by Gasteiger charge is 2.50. The van der Waals surface area contributed by atoms with Crippen molar-refractivity contribution in [1.29, 1.82) is 0 Å². The van der Waals surface area contributed by atoms with Crippen molar-refractivity contribution < 1.29 is 9.13 Å². The van der Waals surface area contributed by atoms with Crippen molar-refractivity contribution in [2.24, 2.45) is 17.8 Å². The lowest BCUT2D eigenvalue weighted by Gasteiger charge is -2.57. The summed E-state index contributed by atoms with van der Waals surface area (Å²) in [6, 6.07) is 17.2. The summed E-state index contributed by atoms with van der Waals surface area (Å²) < 4.78 is 19.7. The maximum Gasteiger partial charge on any atom is 0.124 e. The van der Waals surface area contributed by atoms with Gasteiger partial charge < -0.3 is 10.1 Å². The van der Waals surface area contributed by atoms with Crippen LogP contribution in [0.5, 0.6) is 5.75 Å². The summed E-state index contributed by atoms with van der Waals surface area (Å²) in [5.74, 6) is 3.29. The Morgan fingerprint density at radius 3 is 2.38 bits per heavy atom. The number of ether oxygens (including phenoxy) is 1. The molecular formula is C28H29ClFNO. The molecule has 0 saturated heterocycles. The highest BCUT2D eigenvalue weighted by atomic mass is 35.5. The quantitative estimate of drug-likeness (QED) is 0.427. The Bertz CT molecular complexity index is 1120. The number of hydrogen-bond acceptors (Lipinski definition) is 2. The van der Waals surface area contributed by atoms with Crippen molar-refractivity contribution in [2.75, 3.05) is 0 Å². The van der Waals surface area contributed by atoms with Crippen molar-refractivity contribution in [2.45, 2.75) is 57.2 Å². The van der Waals surface area contributed by atoms with E-state index in [0.29, 0.717) is 17.2 Å². The molecule has 0 amide bonds. The summed E-state index contributed by atoms with van der Waals surface area (Å²) in [4.78, 5) is 0. The topological polar surface area (TPSA) is 21.3 Å². The second-order valence-corrected chi connectivity index (χ2v) is 10.7. The molecule has 0 atom stereocenters. The molecule has 4 bridgehead atoms. The third kappa shape index (κ3) is 3.80. The molecule has 4 aliphatic rings. The molecule has 166 valence electrons. The van der Waals surface area contributed by atoms with Crippen LogP contribution in [0.25, 0.3) is 10.8 Å². The second-order valence-electron chi connectivity index (χ2n) is 10.3. The molecule has 4 aliphatic carbocycles. The zero-order valence-electron chi connectivity index (χ0n) is 18.2. The molecule has 2 nitrogen and oxygen atoms in total. The van der Waals surface area contributed by atoms with E-state index in [0.717, 1.165) is 35.6 Å². The van der Waals surface area contributed by atoms with Gasteiger partial charge in [0, 0.05) is 23.2 Å². The Hall–Kier alpha value is -2.10. The minimum Gasteiger partial charge on any atom is -0.488 e. The first-order valence-corrected chi connectivity index (χ1v) is 12.3. The van der Waals surface area contributed by atoms with Crippen molar-refractivity contribution in [3.05, 3.63) is 76.6 Å². The van der Waals surface area contributed by atoms with Gasteiger partial charge in [-0.3, -0.25) is 0 Å². The van der Waals surface area contributed by atoms with E-state index in [9.17, 15) is 4.39 Å². The van der Waals surface area contributed by atoms with Gasteiger partial charge in [0.2, 0.25) is 0 Å².